The molecule has 0 bridgehead atoms. The lowest BCUT2D eigenvalue weighted by Gasteiger charge is -2.13. The number of alkyl halides is 3. The number of carbonyl (C=O) groups is 3. The molecule has 1 aliphatic heterocycles. The van der Waals surface area contributed by atoms with Crippen LogP contribution in [0.15, 0.2) is 29.2 Å². The smallest absolute Gasteiger partial charge is 0.354 e. The van der Waals surface area contributed by atoms with Gasteiger partial charge in [0.2, 0.25) is 5.91 Å². The molecule has 0 spiro atoms. The Morgan fingerprint density at radius 2 is 1.89 bits per heavy atom. The molecule has 0 saturated carbocycles. The number of benzene rings is 1. The monoisotopic (exact) mass is 403 g/mol. The highest BCUT2D eigenvalue weighted by Gasteiger charge is 2.35. The molecule has 1 aromatic rings. The summed E-state index contributed by atoms with van der Waals surface area (Å²) in [5, 5.41) is 12.0. The Morgan fingerprint density at radius 1 is 1.26 bits per heavy atom. The molecule has 1 aromatic carbocycles. The van der Waals surface area contributed by atoms with Crippen LogP contribution in [0.5, 0.6) is 0 Å². The molecule has 1 heterocycles. The maximum absolute atomic E-state index is 12.2. The van der Waals surface area contributed by atoms with Crippen LogP contribution < -0.4 is 5.32 Å². The number of amides is 3. The zero-order valence-electron chi connectivity index (χ0n) is 13.5. The molecule has 0 radical (unpaired) electrons. The Morgan fingerprint density at radius 3 is 2.44 bits per heavy atom. The second-order valence-electron chi connectivity index (χ2n) is 5.32. The average Bonchev–Trinajstić information content (AvgIpc) is 2.81. The number of thioether (sulfide) groups is 1. The van der Waals surface area contributed by atoms with E-state index in [0.29, 0.717) is 17.3 Å². The fourth-order valence-electron chi connectivity index (χ4n) is 2.09. The van der Waals surface area contributed by atoms with Gasteiger partial charge in [-0.1, -0.05) is 0 Å². The van der Waals surface area contributed by atoms with E-state index >= 15 is 0 Å². The molecule has 0 aliphatic carbocycles. The van der Waals surface area contributed by atoms with E-state index in [1.165, 1.54) is 30.3 Å². The molecule has 8 nitrogen and oxygen atoms in total. The van der Waals surface area contributed by atoms with Crippen LogP contribution in [0.2, 0.25) is 0 Å². The van der Waals surface area contributed by atoms with Crippen molar-refractivity contribution >= 4 is 40.6 Å². The van der Waals surface area contributed by atoms with Gasteiger partial charge in [-0.2, -0.15) is 13.2 Å². The van der Waals surface area contributed by atoms with Crippen molar-refractivity contribution in [1.29, 1.82) is 0 Å². The van der Waals surface area contributed by atoms with Crippen LogP contribution in [0.4, 0.5) is 23.7 Å². The maximum Gasteiger partial charge on any atom is 0.397 e. The van der Waals surface area contributed by atoms with Gasteiger partial charge < -0.3 is 5.32 Å². The summed E-state index contributed by atoms with van der Waals surface area (Å²) in [6.45, 7) is -0.580. The number of carbonyl (C=O) groups excluding carboxylic acids is 3. The lowest BCUT2D eigenvalue weighted by Crippen LogP contribution is -2.38. The Bertz CT molecular complexity index is 808. The third-order valence-corrected chi connectivity index (χ3v) is 4.20. The maximum atomic E-state index is 12.2. The zero-order chi connectivity index (χ0) is 20.2. The number of non-ortho nitro benzene ring substituents is 1. The van der Waals surface area contributed by atoms with E-state index in [9.17, 15) is 37.7 Å². The van der Waals surface area contributed by atoms with Gasteiger partial charge >= 0.3 is 6.18 Å². The van der Waals surface area contributed by atoms with E-state index in [1.807, 2.05) is 5.32 Å². The summed E-state index contributed by atoms with van der Waals surface area (Å²) in [5.41, 5.74) is 0.333. The van der Waals surface area contributed by atoms with Gasteiger partial charge in [0, 0.05) is 25.2 Å². The fraction of sp³-hybridized carbons (Fsp3) is 0.267. The molecule has 12 heteroatoms. The molecule has 27 heavy (non-hydrogen) atoms. The summed E-state index contributed by atoms with van der Waals surface area (Å²) in [5.74, 6) is -1.91. The van der Waals surface area contributed by atoms with Crippen molar-refractivity contribution in [3.05, 3.63) is 44.8 Å². The fourth-order valence-corrected chi connectivity index (χ4v) is 2.95. The predicted octanol–water partition coefficient (Wildman–Crippen LogP) is 2.70. The van der Waals surface area contributed by atoms with Crippen molar-refractivity contribution in [2.75, 3.05) is 13.1 Å². The molecule has 2 rings (SSSR count). The molecule has 3 amide bonds. The first-order chi connectivity index (χ1) is 12.6. The molecule has 0 unspecified atom stereocenters. The highest BCUT2D eigenvalue weighted by atomic mass is 32.2. The van der Waals surface area contributed by atoms with Gasteiger partial charge in [-0.15, -0.1) is 0 Å². The quantitative estimate of drug-likeness (QED) is 0.444. The van der Waals surface area contributed by atoms with Gasteiger partial charge in [0.05, 0.1) is 9.83 Å². The second-order valence-corrected chi connectivity index (χ2v) is 6.32. The van der Waals surface area contributed by atoms with Gasteiger partial charge in [-0.05, 0) is 35.5 Å². The third kappa shape index (κ3) is 5.81. The van der Waals surface area contributed by atoms with Crippen LogP contribution in [0.3, 0.4) is 0 Å². The Kier molecular flexibility index (Phi) is 6.20. The summed E-state index contributed by atoms with van der Waals surface area (Å²) >= 11 is 0.628. The molecular weight excluding hydrogens is 391 g/mol. The molecule has 1 saturated heterocycles. The standard InChI is InChI=1S/C15H12F3N3O5S/c16-15(17,18)8-12(22)19-5-6-20-13(23)11(27-14(20)24)7-9-1-3-10(4-2-9)21(25)26/h1-4,7H,5-6,8H2,(H,19,22)/b11-7+. The zero-order valence-corrected chi connectivity index (χ0v) is 14.3. The van der Waals surface area contributed by atoms with Crippen molar-refractivity contribution in [1.82, 2.24) is 10.2 Å². The third-order valence-electron chi connectivity index (χ3n) is 3.29. The summed E-state index contributed by atoms with van der Waals surface area (Å²) in [7, 11) is 0. The van der Waals surface area contributed by atoms with Gasteiger partial charge in [-0.25, -0.2) is 0 Å². The van der Waals surface area contributed by atoms with E-state index < -0.39 is 34.6 Å². The van der Waals surface area contributed by atoms with Gasteiger partial charge in [-0.3, -0.25) is 29.4 Å². The summed E-state index contributed by atoms with van der Waals surface area (Å²) in [4.78, 5) is 46.1. The number of nitrogens with zero attached hydrogens (tertiary/aromatic N) is 2. The van der Waals surface area contributed by atoms with Crippen LogP contribution in [0.1, 0.15) is 12.0 Å². The van der Waals surface area contributed by atoms with E-state index in [1.54, 1.807) is 0 Å². The number of imide groups is 1. The van der Waals surface area contributed by atoms with Gasteiger partial charge in [0.25, 0.3) is 16.8 Å². The molecule has 144 valence electrons. The number of hydrogen-bond acceptors (Lipinski definition) is 6. The molecule has 1 N–H and O–H groups in total. The van der Waals surface area contributed by atoms with Crippen LogP contribution in [-0.4, -0.2) is 46.1 Å². The average molecular weight is 403 g/mol. The number of nitrogens with one attached hydrogen (secondary N) is 1. The van der Waals surface area contributed by atoms with Crippen molar-refractivity contribution in [2.24, 2.45) is 0 Å². The largest absolute Gasteiger partial charge is 0.397 e. The van der Waals surface area contributed by atoms with E-state index in [2.05, 4.69) is 0 Å². The lowest BCUT2D eigenvalue weighted by atomic mass is 10.2. The second kappa shape index (κ2) is 8.20. The first-order valence-electron chi connectivity index (χ1n) is 7.40. The van der Waals surface area contributed by atoms with Crippen molar-refractivity contribution in [3.63, 3.8) is 0 Å². The van der Waals surface area contributed by atoms with Crippen LogP contribution in [-0.2, 0) is 9.59 Å². The summed E-state index contributed by atoms with van der Waals surface area (Å²) in [6.07, 6.45) is -4.91. The predicted molar refractivity (Wildman–Crippen MR) is 89.5 cm³/mol. The van der Waals surface area contributed by atoms with Crippen molar-refractivity contribution in [3.8, 4) is 0 Å². The molecule has 0 aromatic heterocycles. The van der Waals surface area contributed by atoms with E-state index in [0.717, 1.165) is 4.90 Å². The minimum atomic E-state index is -4.64. The van der Waals surface area contributed by atoms with Crippen molar-refractivity contribution in [2.45, 2.75) is 12.6 Å². The first-order valence-corrected chi connectivity index (χ1v) is 8.22. The minimum Gasteiger partial charge on any atom is -0.354 e. The number of hydrogen-bond donors (Lipinski definition) is 1. The SMILES string of the molecule is O=C(CC(F)(F)F)NCCN1C(=O)S/C(=C/c2ccc([N+](=O)[O-])cc2)C1=O. The topological polar surface area (TPSA) is 110 Å². The van der Waals surface area contributed by atoms with E-state index in [4.69, 9.17) is 0 Å². The summed E-state index contributed by atoms with van der Waals surface area (Å²) in [6, 6.07) is 5.30. The number of rotatable bonds is 6. The van der Waals surface area contributed by atoms with Gasteiger partial charge in [0.1, 0.15) is 6.42 Å². The highest BCUT2D eigenvalue weighted by molar-refractivity contribution is 8.18. The van der Waals surface area contributed by atoms with Crippen LogP contribution >= 0.6 is 11.8 Å². The van der Waals surface area contributed by atoms with Crippen LogP contribution in [0, 0.1) is 10.1 Å². The number of nitro groups is 1. The first kappa shape index (κ1) is 20.4. The normalized spacial score (nSPS) is 16.1. The summed E-state index contributed by atoms with van der Waals surface area (Å²) < 4.78 is 36.2. The molecular formula is C15H12F3N3O5S. The Balaban J connectivity index is 1.96. The Labute approximate surface area is 154 Å². The minimum absolute atomic E-state index is 0.0653. The van der Waals surface area contributed by atoms with Crippen molar-refractivity contribution < 1.29 is 32.5 Å². The molecule has 1 fully saturated rings. The molecule has 0 atom stereocenters. The number of halogens is 3. The lowest BCUT2D eigenvalue weighted by molar-refractivity contribution is -0.384. The highest BCUT2D eigenvalue weighted by Crippen LogP contribution is 2.32. The molecule has 1 aliphatic rings. The van der Waals surface area contributed by atoms with E-state index in [-0.39, 0.29) is 23.7 Å². The van der Waals surface area contributed by atoms with Crippen LogP contribution in [0.25, 0.3) is 6.08 Å². The Hall–Kier alpha value is -2.89. The number of nitro benzene ring substituents is 1. The van der Waals surface area contributed by atoms with Gasteiger partial charge in [0.15, 0.2) is 0 Å².